The molecule has 1 rings (SSSR count). The molecule has 0 amide bonds. The molecule has 1 heterocycles. The molecule has 0 saturated heterocycles. The predicted octanol–water partition coefficient (Wildman–Crippen LogP) is 2.14. The van der Waals surface area contributed by atoms with Crippen molar-refractivity contribution < 1.29 is 23.4 Å². The summed E-state index contributed by atoms with van der Waals surface area (Å²) in [7, 11) is 0. The molecule has 94 valence electrons. The van der Waals surface area contributed by atoms with Gasteiger partial charge in [0.1, 0.15) is 5.75 Å². The summed E-state index contributed by atoms with van der Waals surface area (Å²) in [5, 5.41) is 9.64. The van der Waals surface area contributed by atoms with Crippen molar-refractivity contribution >= 4 is 5.97 Å². The fraction of sp³-hybridized carbons (Fsp3) is 0.455. The number of esters is 1. The van der Waals surface area contributed by atoms with Crippen LogP contribution in [-0.4, -0.2) is 22.7 Å². The van der Waals surface area contributed by atoms with Gasteiger partial charge in [-0.3, -0.25) is 9.78 Å². The maximum absolute atomic E-state index is 12.7. The highest BCUT2D eigenvalue weighted by Crippen LogP contribution is 2.30. The first-order valence-corrected chi connectivity index (χ1v) is 5.08. The molecule has 6 heteroatoms. The number of nitrogens with zero attached hydrogens (tertiary/aromatic N) is 1. The normalized spacial score (nSPS) is 10.6. The van der Waals surface area contributed by atoms with E-state index in [9.17, 15) is 18.7 Å². The highest BCUT2D eigenvalue weighted by molar-refractivity contribution is 5.74. The summed E-state index contributed by atoms with van der Waals surface area (Å²) in [6, 6.07) is 0. The number of pyridine rings is 1. The van der Waals surface area contributed by atoms with Crippen molar-refractivity contribution in [2.45, 2.75) is 26.7 Å². The van der Waals surface area contributed by atoms with Gasteiger partial charge in [-0.05, 0) is 13.8 Å². The molecule has 0 atom stereocenters. The first kappa shape index (κ1) is 13.3. The first-order valence-electron chi connectivity index (χ1n) is 5.08. The standard InChI is InChI=1S/C11H13F2NO3/c1-3-17-9(15)4-7-8(11(12)13)5-14-6(2)10(7)16/h5,11,16H,3-4H2,1-2H3. The SMILES string of the molecule is CCOC(=O)Cc1c(C(F)F)cnc(C)c1O. The topological polar surface area (TPSA) is 59.4 Å². The average Bonchev–Trinajstić information content (AvgIpc) is 2.25. The van der Waals surface area contributed by atoms with E-state index in [1.807, 2.05) is 0 Å². The summed E-state index contributed by atoms with van der Waals surface area (Å²) in [5.74, 6) is -1.04. The molecule has 0 aliphatic rings. The van der Waals surface area contributed by atoms with Crippen LogP contribution in [0.15, 0.2) is 6.20 Å². The Kier molecular flexibility index (Phi) is 4.37. The minimum Gasteiger partial charge on any atom is -0.506 e. The van der Waals surface area contributed by atoms with E-state index in [1.165, 1.54) is 6.92 Å². The molecule has 0 aliphatic heterocycles. The molecule has 0 spiro atoms. The van der Waals surface area contributed by atoms with Crippen molar-refractivity contribution in [3.8, 4) is 5.75 Å². The zero-order chi connectivity index (χ0) is 13.0. The molecule has 0 aliphatic carbocycles. The maximum atomic E-state index is 12.7. The highest BCUT2D eigenvalue weighted by atomic mass is 19.3. The molecule has 0 unspecified atom stereocenters. The number of carbonyl (C=O) groups excluding carboxylic acids is 1. The predicted molar refractivity (Wildman–Crippen MR) is 55.9 cm³/mol. The Morgan fingerprint density at radius 1 is 1.59 bits per heavy atom. The third kappa shape index (κ3) is 3.12. The molecule has 1 N–H and O–H groups in total. The Labute approximate surface area is 97.2 Å². The van der Waals surface area contributed by atoms with Gasteiger partial charge >= 0.3 is 5.97 Å². The Balaban J connectivity index is 3.10. The molecule has 0 bridgehead atoms. The average molecular weight is 245 g/mol. The highest BCUT2D eigenvalue weighted by Gasteiger charge is 2.21. The van der Waals surface area contributed by atoms with Crippen molar-refractivity contribution in [3.05, 3.63) is 23.0 Å². The van der Waals surface area contributed by atoms with Crippen LogP contribution in [-0.2, 0) is 16.0 Å². The van der Waals surface area contributed by atoms with Crippen LogP contribution >= 0.6 is 0 Å². The van der Waals surface area contributed by atoms with E-state index in [0.29, 0.717) is 0 Å². The molecule has 17 heavy (non-hydrogen) atoms. The zero-order valence-corrected chi connectivity index (χ0v) is 9.54. The van der Waals surface area contributed by atoms with Crippen molar-refractivity contribution in [1.82, 2.24) is 4.98 Å². The molecule has 1 aromatic heterocycles. The number of ether oxygens (including phenoxy) is 1. The quantitative estimate of drug-likeness (QED) is 0.825. The van der Waals surface area contributed by atoms with Gasteiger partial charge in [0, 0.05) is 17.3 Å². The van der Waals surface area contributed by atoms with Gasteiger partial charge in [-0.1, -0.05) is 0 Å². The van der Waals surface area contributed by atoms with Gasteiger partial charge in [0.25, 0.3) is 6.43 Å². The van der Waals surface area contributed by atoms with E-state index in [4.69, 9.17) is 0 Å². The van der Waals surface area contributed by atoms with Gasteiger partial charge in [0.15, 0.2) is 0 Å². The lowest BCUT2D eigenvalue weighted by molar-refractivity contribution is -0.142. The molecule has 0 radical (unpaired) electrons. The molecule has 0 fully saturated rings. The number of aromatic nitrogens is 1. The summed E-state index contributed by atoms with van der Waals surface area (Å²) in [4.78, 5) is 14.9. The number of alkyl halides is 2. The van der Waals surface area contributed by atoms with E-state index in [0.717, 1.165) is 6.20 Å². The van der Waals surface area contributed by atoms with E-state index in [2.05, 4.69) is 9.72 Å². The Hall–Kier alpha value is -1.72. The molecule has 4 nitrogen and oxygen atoms in total. The molecular formula is C11H13F2NO3. The first-order chi connectivity index (χ1) is 7.97. The second-order valence-corrected chi connectivity index (χ2v) is 3.41. The lowest BCUT2D eigenvalue weighted by Gasteiger charge is -2.11. The zero-order valence-electron chi connectivity index (χ0n) is 9.54. The molecule has 0 aromatic carbocycles. The molecule has 0 saturated carbocycles. The minimum absolute atomic E-state index is 0.119. The Morgan fingerprint density at radius 3 is 2.76 bits per heavy atom. The second kappa shape index (κ2) is 5.56. The Morgan fingerprint density at radius 2 is 2.24 bits per heavy atom. The van der Waals surface area contributed by atoms with Crippen LogP contribution in [0.5, 0.6) is 5.75 Å². The van der Waals surface area contributed by atoms with E-state index < -0.39 is 18.0 Å². The number of carbonyl (C=O) groups is 1. The van der Waals surface area contributed by atoms with E-state index >= 15 is 0 Å². The minimum atomic E-state index is -2.79. The number of halogens is 2. The fourth-order valence-electron chi connectivity index (χ4n) is 1.39. The van der Waals surface area contributed by atoms with Crippen LogP contribution < -0.4 is 0 Å². The Bertz CT molecular complexity index is 421. The monoisotopic (exact) mass is 245 g/mol. The second-order valence-electron chi connectivity index (χ2n) is 3.41. The van der Waals surface area contributed by atoms with Crippen molar-refractivity contribution in [2.24, 2.45) is 0 Å². The largest absolute Gasteiger partial charge is 0.506 e. The van der Waals surface area contributed by atoms with Crippen molar-refractivity contribution in [2.75, 3.05) is 6.61 Å². The number of hydrogen-bond acceptors (Lipinski definition) is 4. The maximum Gasteiger partial charge on any atom is 0.310 e. The fourth-order valence-corrected chi connectivity index (χ4v) is 1.39. The van der Waals surface area contributed by atoms with Crippen LogP contribution in [0.3, 0.4) is 0 Å². The van der Waals surface area contributed by atoms with Crippen molar-refractivity contribution in [3.63, 3.8) is 0 Å². The van der Waals surface area contributed by atoms with Gasteiger partial charge in [-0.2, -0.15) is 0 Å². The van der Waals surface area contributed by atoms with Crippen LogP contribution in [0.25, 0.3) is 0 Å². The summed E-state index contributed by atoms with van der Waals surface area (Å²) < 4.78 is 30.0. The van der Waals surface area contributed by atoms with E-state index in [1.54, 1.807) is 6.92 Å². The molecular weight excluding hydrogens is 232 g/mol. The smallest absolute Gasteiger partial charge is 0.310 e. The third-order valence-corrected chi connectivity index (χ3v) is 2.24. The van der Waals surface area contributed by atoms with Gasteiger partial charge in [0.05, 0.1) is 18.7 Å². The third-order valence-electron chi connectivity index (χ3n) is 2.24. The molecule has 1 aromatic rings. The van der Waals surface area contributed by atoms with Gasteiger partial charge < -0.3 is 9.84 Å². The van der Waals surface area contributed by atoms with Crippen LogP contribution in [0.4, 0.5) is 8.78 Å². The van der Waals surface area contributed by atoms with Crippen LogP contribution in [0.2, 0.25) is 0 Å². The van der Waals surface area contributed by atoms with Crippen LogP contribution in [0, 0.1) is 6.92 Å². The van der Waals surface area contributed by atoms with Crippen molar-refractivity contribution in [1.29, 1.82) is 0 Å². The number of aromatic hydroxyl groups is 1. The summed E-state index contributed by atoms with van der Waals surface area (Å²) in [5.41, 5.74) is -0.360. The lowest BCUT2D eigenvalue weighted by Crippen LogP contribution is -2.10. The summed E-state index contributed by atoms with van der Waals surface area (Å²) >= 11 is 0. The van der Waals surface area contributed by atoms with Crippen LogP contribution in [0.1, 0.15) is 30.2 Å². The summed E-state index contributed by atoms with van der Waals surface area (Å²) in [6.07, 6.45) is -2.21. The van der Waals surface area contributed by atoms with Gasteiger partial charge in [0.2, 0.25) is 0 Å². The van der Waals surface area contributed by atoms with Gasteiger partial charge in [-0.25, -0.2) is 8.78 Å². The van der Waals surface area contributed by atoms with Gasteiger partial charge in [-0.15, -0.1) is 0 Å². The summed E-state index contributed by atoms with van der Waals surface area (Å²) in [6.45, 7) is 3.25. The number of hydrogen-bond donors (Lipinski definition) is 1. The number of rotatable bonds is 4. The number of aryl methyl sites for hydroxylation is 1. The lowest BCUT2D eigenvalue weighted by atomic mass is 10.0. The van der Waals surface area contributed by atoms with E-state index in [-0.39, 0.29) is 30.0 Å².